The number of carbonyl (C=O) groups excluding carboxylic acids is 1. The number of aryl methyl sites for hydroxylation is 1. The van der Waals surface area contributed by atoms with Crippen molar-refractivity contribution in [2.75, 3.05) is 18.6 Å². The van der Waals surface area contributed by atoms with E-state index < -0.39 is 0 Å². The number of nitrogens with two attached hydrogens (primary N) is 1. The lowest BCUT2D eigenvalue weighted by molar-refractivity contribution is 0.102. The Kier molecular flexibility index (Phi) is 5.10. The van der Waals surface area contributed by atoms with Crippen molar-refractivity contribution in [1.82, 2.24) is 14.8 Å². The lowest BCUT2D eigenvalue weighted by Gasteiger charge is -2.11. The van der Waals surface area contributed by atoms with Gasteiger partial charge in [-0.15, -0.1) is 10.2 Å². The fourth-order valence-corrected chi connectivity index (χ4v) is 4.20. The minimum atomic E-state index is 0.0565. The van der Waals surface area contributed by atoms with Crippen LogP contribution in [0.25, 0.3) is 5.69 Å². The van der Waals surface area contributed by atoms with Gasteiger partial charge in [0.05, 0.1) is 12.9 Å². The van der Waals surface area contributed by atoms with E-state index in [9.17, 15) is 4.79 Å². The van der Waals surface area contributed by atoms with Gasteiger partial charge < -0.3 is 15.0 Å². The van der Waals surface area contributed by atoms with Crippen molar-refractivity contribution in [2.45, 2.75) is 18.2 Å². The number of ketones is 1. The minimum absolute atomic E-state index is 0.0565. The number of ether oxygens (including phenoxy) is 1. The number of thioether (sulfide) groups is 1. The van der Waals surface area contributed by atoms with Crippen LogP contribution in [0.2, 0.25) is 0 Å². The zero-order valence-corrected chi connectivity index (χ0v) is 15.8. The predicted octanol–water partition coefficient (Wildman–Crippen LogP) is 3.51. The van der Waals surface area contributed by atoms with Crippen LogP contribution in [-0.2, 0) is 0 Å². The number of benzene rings is 1. The van der Waals surface area contributed by atoms with Crippen LogP contribution in [-0.4, -0.2) is 33.4 Å². The highest BCUT2D eigenvalue weighted by molar-refractivity contribution is 8.01. The van der Waals surface area contributed by atoms with E-state index in [1.54, 1.807) is 7.11 Å². The highest BCUT2D eigenvalue weighted by Crippen LogP contribution is 2.27. The van der Waals surface area contributed by atoms with E-state index in [-0.39, 0.29) is 5.78 Å². The maximum Gasteiger partial charge on any atom is 0.203 e. The monoisotopic (exact) mass is 374 g/mol. The number of anilines is 1. The topological polar surface area (TPSA) is 83.0 Å². The molecule has 6 nitrogen and oxygen atoms in total. The van der Waals surface area contributed by atoms with E-state index in [4.69, 9.17) is 10.5 Å². The quantitative estimate of drug-likeness (QED) is 0.525. The number of nitrogen functional groups attached to an aromatic ring is 1. The molecule has 0 saturated heterocycles. The van der Waals surface area contributed by atoms with Gasteiger partial charge in [0.1, 0.15) is 5.75 Å². The molecule has 3 aromatic rings. The molecule has 0 unspecified atom stereocenters. The molecule has 2 N–H and O–H groups in total. The van der Waals surface area contributed by atoms with Gasteiger partial charge in [0.15, 0.2) is 10.1 Å². The fraction of sp³-hybridized carbons (Fsp3) is 0.235. The number of methoxy groups -OCH3 is 1. The summed E-state index contributed by atoms with van der Waals surface area (Å²) >= 11 is 2.64. The lowest BCUT2D eigenvalue weighted by atomic mass is 10.2. The summed E-state index contributed by atoms with van der Waals surface area (Å²) in [6, 6.07) is 9.70. The minimum Gasteiger partial charge on any atom is -0.497 e. The number of hydrogen-bond donors (Lipinski definition) is 1. The summed E-state index contributed by atoms with van der Waals surface area (Å²) < 4.78 is 8.05. The fourth-order valence-electron chi connectivity index (χ4n) is 2.68. The summed E-state index contributed by atoms with van der Waals surface area (Å²) in [5.74, 6) is 1.14. The third kappa shape index (κ3) is 3.69. The van der Waals surface area contributed by atoms with Gasteiger partial charge in [-0.3, -0.25) is 4.79 Å². The van der Waals surface area contributed by atoms with Gasteiger partial charge in [0, 0.05) is 28.7 Å². The van der Waals surface area contributed by atoms with Gasteiger partial charge in [0.2, 0.25) is 5.13 Å². The number of aromatic nitrogens is 3. The van der Waals surface area contributed by atoms with Crippen LogP contribution in [0.4, 0.5) is 5.13 Å². The van der Waals surface area contributed by atoms with Gasteiger partial charge in [0.25, 0.3) is 0 Å². The second-order valence-electron chi connectivity index (χ2n) is 5.44. The third-order valence-electron chi connectivity index (χ3n) is 3.79. The summed E-state index contributed by atoms with van der Waals surface area (Å²) in [5, 5.41) is 8.09. The van der Waals surface area contributed by atoms with Gasteiger partial charge in [-0.25, -0.2) is 0 Å². The highest BCUT2D eigenvalue weighted by Gasteiger charge is 2.18. The number of rotatable bonds is 6. The summed E-state index contributed by atoms with van der Waals surface area (Å²) in [6.45, 7) is 3.94. The van der Waals surface area contributed by atoms with Crippen molar-refractivity contribution in [2.24, 2.45) is 0 Å². The van der Waals surface area contributed by atoms with Gasteiger partial charge in [-0.2, -0.15) is 0 Å². The van der Waals surface area contributed by atoms with Crippen LogP contribution < -0.4 is 10.5 Å². The average molecular weight is 374 g/mol. The Morgan fingerprint density at radius 2 is 2.12 bits per heavy atom. The molecule has 0 fully saturated rings. The largest absolute Gasteiger partial charge is 0.497 e. The standard InChI is InChI=1S/C17H18N4O2S2/c1-10-7-14(15(22)9-24-17-20-19-16(18)25-17)11(2)21(10)12-5-4-6-13(8-12)23-3/h4-8H,9H2,1-3H3,(H2,18,19). The molecule has 0 aliphatic heterocycles. The molecule has 8 heteroatoms. The van der Waals surface area contributed by atoms with Crippen molar-refractivity contribution in [1.29, 1.82) is 0 Å². The molecule has 0 spiro atoms. The Bertz CT molecular complexity index is 917. The van der Waals surface area contributed by atoms with E-state index in [0.29, 0.717) is 20.8 Å². The van der Waals surface area contributed by atoms with E-state index in [1.807, 2.05) is 44.2 Å². The molecule has 1 aromatic carbocycles. The van der Waals surface area contributed by atoms with E-state index in [0.717, 1.165) is 22.8 Å². The third-order valence-corrected chi connectivity index (χ3v) is 5.68. The molecule has 0 amide bonds. The first-order valence-corrected chi connectivity index (χ1v) is 9.38. The molecule has 3 rings (SSSR count). The van der Waals surface area contributed by atoms with E-state index >= 15 is 0 Å². The highest BCUT2D eigenvalue weighted by atomic mass is 32.2. The summed E-state index contributed by atoms with van der Waals surface area (Å²) in [6.07, 6.45) is 0. The Morgan fingerprint density at radius 3 is 2.80 bits per heavy atom. The first-order valence-electron chi connectivity index (χ1n) is 7.58. The summed E-state index contributed by atoms with van der Waals surface area (Å²) in [5.41, 5.74) is 9.16. The van der Waals surface area contributed by atoms with Gasteiger partial charge in [-0.1, -0.05) is 29.2 Å². The first kappa shape index (κ1) is 17.5. The van der Waals surface area contributed by atoms with Crippen LogP contribution in [0.5, 0.6) is 5.75 Å². The first-order chi connectivity index (χ1) is 12.0. The molecule has 2 heterocycles. The molecule has 0 radical (unpaired) electrons. The molecular weight excluding hydrogens is 356 g/mol. The van der Waals surface area contributed by atoms with E-state index in [2.05, 4.69) is 14.8 Å². The normalized spacial score (nSPS) is 10.8. The summed E-state index contributed by atoms with van der Waals surface area (Å²) in [4.78, 5) is 12.6. The van der Waals surface area contributed by atoms with Crippen LogP contribution in [0.3, 0.4) is 0 Å². The SMILES string of the molecule is COc1cccc(-n2c(C)cc(C(=O)CSc3nnc(N)s3)c2C)c1. The number of carbonyl (C=O) groups is 1. The maximum atomic E-state index is 12.6. The van der Waals surface area contributed by atoms with Gasteiger partial charge in [-0.05, 0) is 32.0 Å². The second-order valence-corrected chi connectivity index (χ2v) is 7.67. The zero-order chi connectivity index (χ0) is 18.0. The van der Waals surface area contributed by atoms with Crippen molar-refractivity contribution >= 4 is 34.0 Å². The second kappa shape index (κ2) is 7.28. The van der Waals surface area contributed by atoms with Crippen molar-refractivity contribution in [3.05, 3.63) is 47.3 Å². The predicted molar refractivity (Wildman–Crippen MR) is 101 cm³/mol. The van der Waals surface area contributed by atoms with Crippen molar-refractivity contribution < 1.29 is 9.53 Å². The molecule has 0 bridgehead atoms. The number of hydrogen-bond acceptors (Lipinski definition) is 7. The summed E-state index contributed by atoms with van der Waals surface area (Å²) in [7, 11) is 1.64. The van der Waals surface area contributed by atoms with Crippen LogP contribution in [0, 0.1) is 13.8 Å². The molecule has 0 aliphatic rings. The average Bonchev–Trinajstić information content (AvgIpc) is 3.15. The molecule has 2 aromatic heterocycles. The molecule has 130 valence electrons. The van der Waals surface area contributed by atoms with Crippen molar-refractivity contribution in [3.63, 3.8) is 0 Å². The van der Waals surface area contributed by atoms with Crippen molar-refractivity contribution in [3.8, 4) is 11.4 Å². The van der Waals surface area contributed by atoms with Gasteiger partial charge >= 0.3 is 0 Å². The zero-order valence-electron chi connectivity index (χ0n) is 14.1. The molecule has 0 aliphatic carbocycles. The number of Topliss-reactive ketones (excluding diaryl/α,β-unsaturated/α-hetero) is 1. The van der Waals surface area contributed by atoms with Crippen LogP contribution in [0.1, 0.15) is 21.7 Å². The van der Waals surface area contributed by atoms with Crippen LogP contribution >= 0.6 is 23.1 Å². The Labute approximate surface area is 154 Å². The molecular formula is C17H18N4O2S2. The molecule has 0 atom stereocenters. The number of nitrogens with zero attached hydrogens (tertiary/aromatic N) is 3. The Morgan fingerprint density at radius 1 is 1.32 bits per heavy atom. The lowest BCUT2D eigenvalue weighted by Crippen LogP contribution is -2.05. The van der Waals surface area contributed by atoms with Crippen LogP contribution in [0.15, 0.2) is 34.7 Å². The maximum absolute atomic E-state index is 12.6. The smallest absolute Gasteiger partial charge is 0.203 e. The molecule has 0 saturated carbocycles. The van der Waals surface area contributed by atoms with E-state index in [1.165, 1.54) is 23.1 Å². The Balaban J connectivity index is 1.84. The Hall–Kier alpha value is -2.32. The molecule has 25 heavy (non-hydrogen) atoms.